The Bertz CT molecular complexity index is 1090. The molecule has 0 radical (unpaired) electrons. The number of Topliss-reactive ketones (excluding diaryl/α,β-unsaturated/α-hetero) is 1. The summed E-state index contributed by atoms with van der Waals surface area (Å²) in [5.74, 6) is -0.683. The number of hydrogen-bond acceptors (Lipinski definition) is 6. The van der Waals surface area contributed by atoms with Crippen LogP contribution in [-0.2, 0) is 14.3 Å². The van der Waals surface area contributed by atoms with Crippen LogP contribution in [0.5, 0.6) is 11.5 Å². The normalized spacial score (nSPS) is 17.7. The van der Waals surface area contributed by atoms with Crippen LogP contribution in [0.1, 0.15) is 50.4 Å². The second kappa shape index (κ2) is 10.7. The average Bonchev–Trinajstić information content (AvgIpc) is 3.02. The molecule has 0 spiro atoms. The molecule has 2 N–H and O–H groups in total. The van der Waals surface area contributed by atoms with Crippen LogP contribution >= 0.6 is 0 Å². The minimum Gasteiger partial charge on any atom is -0.508 e. The first kappa shape index (κ1) is 25.3. The number of aliphatic hydroxyl groups excluding tert-OH is 1. The molecule has 1 aliphatic rings. The van der Waals surface area contributed by atoms with Crippen molar-refractivity contribution < 1.29 is 29.3 Å². The fourth-order valence-electron chi connectivity index (χ4n) is 3.91. The number of phenols is 1. The minimum atomic E-state index is -0.847. The maximum Gasteiger partial charge on any atom is 0.295 e. The number of aromatic hydroxyl groups is 1. The number of aryl methyl sites for hydroxylation is 1. The average molecular weight is 468 g/mol. The van der Waals surface area contributed by atoms with Crippen molar-refractivity contribution in [3.63, 3.8) is 0 Å². The molecule has 1 saturated heterocycles. The Morgan fingerprint density at radius 3 is 2.44 bits per heavy atom. The van der Waals surface area contributed by atoms with E-state index in [1.807, 2.05) is 20.8 Å². The van der Waals surface area contributed by atoms with Crippen molar-refractivity contribution in [3.05, 3.63) is 64.7 Å². The second-order valence-electron chi connectivity index (χ2n) is 9.19. The summed E-state index contributed by atoms with van der Waals surface area (Å²) < 4.78 is 11.4. The van der Waals surface area contributed by atoms with E-state index in [0.29, 0.717) is 29.4 Å². The summed E-state index contributed by atoms with van der Waals surface area (Å²) in [6, 6.07) is 10.7. The van der Waals surface area contributed by atoms with Crippen LogP contribution in [0.15, 0.2) is 48.0 Å². The molecule has 0 aromatic heterocycles. The van der Waals surface area contributed by atoms with E-state index >= 15 is 0 Å². The summed E-state index contributed by atoms with van der Waals surface area (Å²) >= 11 is 0. The lowest BCUT2D eigenvalue weighted by atomic mass is 9.94. The van der Waals surface area contributed by atoms with E-state index in [4.69, 9.17) is 9.47 Å². The van der Waals surface area contributed by atoms with Gasteiger partial charge in [-0.1, -0.05) is 26.0 Å². The lowest BCUT2D eigenvalue weighted by Gasteiger charge is -2.25. The van der Waals surface area contributed by atoms with E-state index in [0.717, 1.165) is 5.56 Å². The standard InChI is InChI=1S/C27H33NO6/c1-16(2)15-34-22-10-9-20(13-18(22)5)25(30)23-24(19-7-6-8-21(29)14-19)28(27(32)26(23)31)11-12-33-17(3)4/h6-10,13-14,16-17,24,29-30H,11-12,15H2,1-5H3/b25-23-. The van der Waals surface area contributed by atoms with Crippen molar-refractivity contribution >= 4 is 17.4 Å². The third kappa shape index (κ3) is 5.59. The summed E-state index contributed by atoms with van der Waals surface area (Å²) in [4.78, 5) is 27.4. The fourth-order valence-corrected chi connectivity index (χ4v) is 3.91. The minimum absolute atomic E-state index is 0.00372. The van der Waals surface area contributed by atoms with E-state index in [-0.39, 0.29) is 36.3 Å². The van der Waals surface area contributed by atoms with Gasteiger partial charge >= 0.3 is 0 Å². The Labute approximate surface area is 200 Å². The smallest absolute Gasteiger partial charge is 0.295 e. The van der Waals surface area contributed by atoms with Crippen LogP contribution in [0, 0.1) is 12.8 Å². The van der Waals surface area contributed by atoms with Crippen molar-refractivity contribution in [3.8, 4) is 11.5 Å². The second-order valence-corrected chi connectivity index (χ2v) is 9.19. The topological polar surface area (TPSA) is 96.3 Å². The van der Waals surface area contributed by atoms with E-state index in [2.05, 4.69) is 13.8 Å². The summed E-state index contributed by atoms with van der Waals surface area (Å²) in [7, 11) is 0. The first-order chi connectivity index (χ1) is 16.1. The fraction of sp³-hybridized carbons (Fsp3) is 0.407. The third-order valence-electron chi connectivity index (χ3n) is 5.53. The van der Waals surface area contributed by atoms with Gasteiger partial charge in [0.15, 0.2) is 0 Å². The molecule has 2 aromatic carbocycles. The lowest BCUT2D eigenvalue weighted by molar-refractivity contribution is -0.140. The number of carbonyl (C=O) groups excluding carboxylic acids is 2. The number of benzene rings is 2. The van der Waals surface area contributed by atoms with Gasteiger partial charge in [0.1, 0.15) is 17.3 Å². The molecule has 0 saturated carbocycles. The van der Waals surface area contributed by atoms with Gasteiger partial charge in [-0.3, -0.25) is 9.59 Å². The number of phenolic OH excluding ortho intramolecular Hbond substituents is 1. The van der Waals surface area contributed by atoms with E-state index in [1.54, 1.807) is 30.3 Å². The van der Waals surface area contributed by atoms with Crippen LogP contribution in [0.3, 0.4) is 0 Å². The predicted octanol–water partition coefficient (Wildman–Crippen LogP) is 4.58. The molecular formula is C27H33NO6. The third-order valence-corrected chi connectivity index (χ3v) is 5.53. The van der Waals surface area contributed by atoms with Crippen LogP contribution in [0.25, 0.3) is 5.76 Å². The molecule has 34 heavy (non-hydrogen) atoms. The van der Waals surface area contributed by atoms with E-state index in [1.165, 1.54) is 17.0 Å². The predicted molar refractivity (Wildman–Crippen MR) is 130 cm³/mol. The van der Waals surface area contributed by atoms with Gasteiger partial charge in [0, 0.05) is 12.1 Å². The van der Waals surface area contributed by atoms with Crippen molar-refractivity contribution in [1.29, 1.82) is 0 Å². The number of carbonyl (C=O) groups is 2. The molecule has 1 amide bonds. The zero-order valence-corrected chi connectivity index (χ0v) is 20.4. The molecular weight excluding hydrogens is 434 g/mol. The molecule has 1 fully saturated rings. The van der Waals surface area contributed by atoms with Crippen LogP contribution in [0.2, 0.25) is 0 Å². The number of aliphatic hydroxyl groups is 1. The van der Waals surface area contributed by atoms with Gasteiger partial charge in [0.2, 0.25) is 0 Å². The van der Waals surface area contributed by atoms with Crippen LogP contribution in [-0.4, -0.2) is 52.7 Å². The zero-order valence-electron chi connectivity index (χ0n) is 20.4. The van der Waals surface area contributed by atoms with Gasteiger partial charge in [0.25, 0.3) is 11.7 Å². The number of rotatable bonds is 9. The summed E-state index contributed by atoms with van der Waals surface area (Å²) in [6.07, 6.45) is -0.0320. The SMILES string of the molecule is Cc1cc(/C(O)=C2/C(=O)C(=O)N(CCOC(C)C)C2c2cccc(O)c2)ccc1OCC(C)C. The number of likely N-dealkylation sites (tertiary alicyclic amines) is 1. The number of ketones is 1. The van der Waals surface area contributed by atoms with Crippen molar-refractivity contribution in [2.45, 2.75) is 46.8 Å². The Morgan fingerprint density at radius 1 is 1.09 bits per heavy atom. The number of amides is 1. The molecule has 182 valence electrons. The van der Waals surface area contributed by atoms with Gasteiger partial charge in [-0.05, 0) is 68.1 Å². The van der Waals surface area contributed by atoms with Crippen LogP contribution in [0.4, 0.5) is 0 Å². The quantitative estimate of drug-likeness (QED) is 0.318. The number of nitrogens with zero attached hydrogens (tertiary/aromatic N) is 1. The molecule has 0 bridgehead atoms. The highest BCUT2D eigenvalue weighted by Crippen LogP contribution is 2.40. The highest BCUT2D eigenvalue weighted by molar-refractivity contribution is 6.46. The Balaban J connectivity index is 2.04. The summed E-state index contributed by atoms with van der Waals surface area (Å²) in [5.41, 5.74) is 1.73. The molecule has 7 heteroatoms. The van der Waals surface area contributed by atoms with Crippen molar-refractivity contribution in [2.24, 2.45) is 5.92 Å². The molecule has 1 heterocycles. The lowest BCUT2D eigenvalue weighted by Crippen LogP contribution is -2.33. The van der Waals surface area contributed by atoms with Gasteiger partial charge in [0.05, 0.1) is 30.9 Å². The Kier molecular flexibility index (Phi) is 7.99. The Morgan fingerprint density at radius 2 is 1.82 bits per heavy atom. The molecule has 3 rings (SSSR count). The van der Waals surface area contributed by atoms with E-state index in [9.17, 15) is 19.8 Å². The largest absolute Gasteiger partial charge is 0.508 e. The molecule has 1 aliphatic heterocycles. The van der Waals surface area contributed by atoms with E-state index < -0.39 is 17.7 Å². The number of hydrogen-bond donors (Lipinski definition) is 2. The van der Waals surface area contributed by atoms with Gasteiger partial charge < -0.3 is 24.6 Å². The molecule has 2 aromatic rings. The zero-order chi connectivity index (χ0) is 25.0. The van der Waals surface area contributed by atoms with Gasteiger partial charge in [-0.25, -0.2) is 0 Å². The Hall–Kier alpha value is -3.32. The van der Waals surface area contributed by atoms with Gasteiger partial charge in [-0.15, -0.1) is 0 Å². The van der Waals surface area contributed by atoms with Gasteiger partial charge in [-0.2, -0.15) is 0 Å². The molecule has 0 aliphatic carbocycles. The van der Waals surface area contributed by atoms with Crippen molar-refractivity contribution in [2.75, 3.05) is 19.8 Å². The maximum atomic E-state index is 13.1. The van der Waals surface area contributed by atoms with Crippen LogP contribution < -0.4 is 4.74 Å². The number of ether oxygens (including phenoxy) is 2. The molecule has 7 nitrogen and oxygen atoms in total. The maximum absolute atomic E-state index is 13.1. The summed E-state index contributed by atoms with van der Waals surface area (Å²) in [6.45, 7) is 10.7. The first-order valence-electron chi connectivity index (χ1n) is 11.5. The first-order valence-corrected chi connectivity index (χ1v) is 11.5. The molecule has 1 unspecified atom stereocenters. The van der Waals surface area contributed by atoms with Crippen molar-refractivity contribution in [1.82, 2.24) is 4.90 Å². The monoisotopic (exact) mass is 467 g/mol. The summed E-state index contributed by atoms with van der Waals surface area (Å²) in [5, 5.41) is 21.3. The molecule has 1 atom stereocenters. The highest BCUT2D eigenvalue weighted by atomic mass is 16.5. The highest BCUT2D eigenvalue weighted by Gasteiger charge is 2.46.